The fourth-order valence-electron chi connectivity index (χ4n) is 1.91. The van der Waals surface area contributed by atoms with Crippen molar-refractivity contribution in [1.29, 1.82) is 0 Å². The van der Waals surface area contributed by atoms with Gasteiger partial charge in [-0.1, -0.05) is 25.1 Å². The van der Waals surface area contributed by atoms with Gasteiger partial charge >= 0.3 is 5.97 Å². The van der Waals surface area contributed by atoms with Crippen LogP contribution >= 0.6 is 0 Å². The topological polar surface area (TPSA) is 31.2 Å². The Kier molecular flexibility index (Phi) is 3.28. The van der Waals surface area contributed by atoms with Gasteiger partial charge in [0.05, 0.1) is 7.11 Å². The fourth-order valence-corrected chi connectivity index (χ4v) is 1.91. The smallest absolute Gasteiger partial charge is 0.355 e. The lowest BCUT2D eigenvalue weighted by Gasteiger charge is -2.11. The number of rotatable bonds is 3. The van der Waals surface area contributed by atoms with E-state index in [4.69, 9.17) is 4.74 Å². The molecule has 0 amide bonds. The normalized spacial score (nSPS) is 10.2. The predicted octanol–water partition coefficient (Wildman–Crippen LogP) is 2.83. The first-order valence-electron chi connectivity index (χ1n) is 5.62. The molecule has 3 nitrogen and oxygen atoms in total. The van der Waals surface area contributed by atoms with Crippen LogP contribution in [0.3, 0.4) is 0 Å². The van der Waals surface area contributed by atoms with Gasteiger partial charge in [-0.3, -0.25) is 0 Å². The maximum atomic E-state index is 11.6. The average Bonchev–Trinajstić information content (AvgIpc) is 2.86. The van der Waals surface area contributed by atoms with E-state index < -0.39 is 0 Å². The number of hydrogen-bond donors (Lipinski definition) is 0. The van der Waals surface area contributed by atoms with Crippen molar-refractivity contribution in [1.82, 2.24) is 4.57 Å². The molecule has 0 radical (unpaired) electrons. The van der Waals surface area contributed by atoms with Gasteiger partial charge in [-0.05, 0) is 30.2 Å². The molecule has 0 atom stereocenters. The van der Waals surface area contributed by atoms with Crippen LogP contribution in [0.2, 0.25) is 0 Å². The zero-order valence-corrected chi connectivity index (χ0v) is 10.0. The molecule has 88 valence electrons. The molecule has 17 heavy (non-hydrogen) atoms. The van der Waals surface area contributed by atoms with Crippen molar-refractivity contribution in [3.63, 3.8) is 0 Å². The summed E-state index contributed by atoms with van der Waals surface area (Å²) in [7, 11) is 1.39. The summed E-state index contributed by atoms with van der Waals surface area (Å²) in [6.45, 7) is 2.10. The predicted molar refractivity (Wildman–Crippen MR) is 66.5 cm³/mol. The molecule has 0 unspecified atom stereocenters. The summed E-state index contributed by atoms with van der Waals surface area (Å²) in [4.78, 5) is 11.6. The van der Waals surface area contributed by atoms with Crippen LogP contribution in [-0.4, -0.2) is 17.6 Å². The summed E-state index contributed by atoms with van der Waals surface area (Å²) >= 11 is 0. The SMILES string of the molecule is CCc1ccccc1-n1cccc1C(=O)OC. The second kappa shape index (κ2) is 4.87. The highest BCUT2D eigenvalue weighted by molar-refractivity contribution is 5.88. The third-order valence-electron chi connectivity index (χ3n) is 2.78. The molecular weight excluding hydrogens is 214 g/mol. The number of ether oxygens (including phenoxy) is 1. The van der Waals surface area contributed by atoms with Gasteiger partial charge in [0, 0.05) is 11.9 Å². The van der Waals surface area contributed by atoms with Gasteiger partial charge in [-0.15, -0.1) is 0 Å². The minimum atomic E-state index is -0.319. The Morgan fingerprint density at radius 3 is 2.71 bits per heavy atom. The van der Waals surface area contributed by atoms with Crippen molar-refractivity contribution in [2.45, 2.75) is 13.3 Å². The first-order chi connectivity index (χ1) is 8.27. The number of benzene rings is 1. The van der Waals surface area contributed by atoms with Gasteiger partial charge in [0.25, 0.3) is 0 Å². The van der Waals surface area contributed by atoms with Crippen LogP contribution in [0.4, 0.5) is 0 Å². The quantitative estimate of drug-likeness (QED) is 0.758. The summed E-state index contributed by atoms with van der Waals surface area (Å²) in [6.07, 6.45) is 2.80. The minimum Gasteiger partial charge on any atom is -0.464 e. The second-order valence-electron chi connectivity index (χ2n) is 3.74. The number of carbonyl (C=O) groups excluding carboxylic acids is 1. The minimum absolute atomic E-state index is 0.319. The second-order valence-corrected chi connectivity index (χ2v) is 3.74. The van der Waals surface area contributed by atoms with Gasteiger partial charge in [0.15, 0.2) is 0 Å². The molecule has 2 aromatic rings. The van der Waals surface area contributed by atoms with Crippen LogP contribution in [0.5, 0.6) is 0 Å². The highest BCUT2D eigenvalue weighted by atomic mass is 16.5. The van der Waals surface area contributed by atoms with Crippen LogP contribution in [-0.2, 0) is 11.2 Å². The van der Waals surface area contributed by atoms with Crippen LogP contribution < -0.4 is 0 Å². The molecule has 1 heterocycles. The van der Waals surface area contributed by atoms with E-state index in [2.05, 4.69) is 13.0 Å². The first kappa shape index (κ1) is 11.5. The van der Waals surface area contributed by atoms with Crippen molar-refractivity contribution < 1.29 is 9.53 Å². The largest absolute Gasteiger partial charge is 0.464 e. The van der Waals surface area contributed by atoms with E-state index in [1.807, 2.05) is 35.0 Å². The van der Waals surface area contributed by atoms with E-state index in [1.54, 1.807) is 6.07 Å². The van der Waals surface area contributed by atoms with Gasteiger partial charge in [0.1, 0.15) is 5.69 Å². The lowest BCUT2D eigenvalue weighted by molar-refractivity contribution is 0.0591. The van der Waals surface area contributed by atoms with Gasteiger partial charge < -0.3 is 9.30 Å². The van der Waals surface area contributed by atoms with Gasteiger partial charge in [0.2, 0.25) is 0 Å². The molecule has 0 aliphatic rings. The lowest BCUT2D eigenvalue weighted by atomic mass is 10.1. The third-order valence-corrected chi connectivity index (χ3v) is 2.78. The van der Waals surface area contributed by atoms with Crippen molar-refractivity contribution >= 4 is 5.97 Å². The molecule has 0 bridgehead atoms. The lowest BCUT2D eigenvalue weighted by Crippen LogP contribution is -2.09. The Hall–Kier alpha value is -2.03. The molecule has 3 heteroatoms. The number of hydrogen-bond acceptors (Lipinski definition) is 2. The molecule has 0 fully saturated rings. The Bertz CT molecular complexity index is 529. The van der Waals surface area contributed by atoms with E-state index in [1.165, 1.54) is 12.7 Å². The number of para-hydroxylation sites is 1. The number of aromatic nitrogens is 1. The molecule has 1 aromatic heterocycles. The van der Waals surface area contributed by atoms with Crippen LogP contribution in [0, 0.1) is 0 Å². The van der Waals surface area contributed by atoms with Gasteiger partial charge in [-0.25, -0.2) is 4.79 Å². The Morgan fingerprint density at radius 2 is 2.00 bits per heavy atom. The van der Waals surface area contributed by atoms with E-state index in [0.717, 1.165) is 12.1 Å². The van der Waals surface area contributed by atoms with Crippen molar-refractivity contribution in [3.05, 3.63) is 53.9 Å². The summed E-state index contributed by atoms with van der Waals surface area (Å²) in [6, 6.07) is 11.7. The maximum absolute atomic E-state index is 11.6. The number of esters is 1. The number of carbonyl (C=O) groups is 1. The molecule has 0 N–H and O–H groups in total. The highest BCUT2D eigenvalue weighted by Gasteiger charge is 2.13. The zero-order valence-electron chi connectivity index (χ0n) is 10.0. The first-order valence-corrected chi connectivity index (χ1v) is 5.62. The molecule has 2 rings (SSSR count). The number of nitrogens with zero attached hydrogens (tertiary/aromatic N) is 1. The number of methoxy groups -OCH3 is 1. The standard InChI is InChI=1S/C14H15NO2/c1-3-11-7-4-5-8-12(11)15-10-6-9-13(15)14(16)17-2/h4-10H,3H2,1-2H3. The van der Waals surface area contributed by atoms with E-state index in [0.29, 0.717) is 5.69 Å². The Labute approximate surface area is 101 Å². The molecule has 0 aliphatic carbocycles. The molecule has 0 saturated heterocycles. The highest BCUT2D eigenvalue weighted by Crippen LogP contribution is 2.18. The van der Waals surface area contributed by atoms with Crippen molar-refractivity contribution in [2.75, 3.05) is 7.11 Å². The monoisotopic (exact) mass is 229 g/mol. The molecule has 0 spiro atoms. The molecule has 0 aliphatic heterocycles. The third kappa shape index (κ3) is 2.09. The fraction of sp³-hybridized carbons (Fsp3) is 0.214. The molecular formula is C14H15NO2. The van der Waals surface area contributed by atoms with E-state index >= 15 is 0 Å². The van der Waals surface area contributed by atoms with Crippen LogP contribution in [0.1, 0.15) is 23.0 Å². The summed E-state index contributed by atoms with van der Waals surface area (Å²) in [5.74, 6) is -0.319. The Morgan fingerprint density at radius 1 is 1.24 bits per heavy atom. The van der Waals surface area contributed by atoms with E-state index in [9.17, 15) is 4.79 Å². The zero-order chi connectivity index (χ0) is 12.3. The van der Waals surface area contributed by atoms with Crippen LogP contribution in [0.15, 0.2) is 42.6 Å². The van der Waals surface area contributed by atoms with Crippen LogP contribution in [0.25, 0.3) is 5.69 Å². The number of aryl methyl sites for hydroxylation is 1. The summed E-state index contributed by atoms with van der Waals surface area (Å²) in [5, 5.41) is 0. The summed E-state index contributed by atoms with van der Waals surface area (Å²) < 4.78 is 6.64. The maximum Gasteiger partial charge on any atom is 0.355 e. The van der Waals surface area contributed by atoms with Gasteiger partial charge in [-0.2, -0.15) is 0 Å². The van der Waals surface area contributed by atoms with Crippen molar-refractivity contribution in [3.8, 4) is 5.69 Å². The molecule has 0 saturated carbocycles. The van der Waals surface area contributed by atoms with Crippen molar-refractivity contribution in [2.24, 2.45) is 0 Å². The Balaban J connectivity index is 2.53. The van der Waals surface area contributed by atoms with E-state index in [-0.39, 0.29) is 5.97 Å². The summed E-state index contributed by atoms with van der Waals surface area (Å²) in [5.41, 5.74) is 2.78. The molecule has 1 aromatic carbocycles. The average molecular weight is 229 g/mol.